The van der Waals surface area contributed by atoms with Crippen LogP contribution in [0.2, 0.25) is 10.0 Å². The van der Waals surface area contributed by atoms with Gasteiger partial charge in [-0.1, -0.05) is 29.3 Å². The van der Waals surface area contributed by atoms with Crippen molar-refractivity contribution >= 4 is 57.4 Å². The smallest absolute Gasteiger partial charge is 0.256 e. The van der Waals surface area contributed by atoms with Gasteiger partial charge in [-0.2, -0.15) is 5.10 Å². The van der Waals surface area contributed by atoms with E-state index >= 15 is 0 Å². The first-order chi connectivity index (χ1) is 17.8. The van der Waals surface area contributed by atoms with Crippen LogP contribution < -0.4 is 25.4 Å². The van der Waals surface area contributed by atoms with Crippen molar-refractivity contribution in [2.75, 3.05) is 37.9 Å². The summed E-state index contributed by atoms with van der Waals surface area (Å²) in [5, 5.41) is 17.4. The Labute approximate surface area is 223 Å². The molecule has 3 aromatic carbocycles. The monoisotopic (exact) mass is 541 g/mol. The van der Waals surface area contributed by atoms with Gasteiger partial charge in [-0.15, -0.1) is 0 Å². The number of nitrogens with one attached hydrogen (secondary N) is 4. The molecule has 192 valence electrons. The van der Waals surface area contributed by atoms with Gasteiger partial charge < -0.3 is 25.4 Å². The van der Waals surface area contributed by atoms with Gasteiger partial charge in [0.15, 0.2) is 5.82 Å². The number of hydrogen-bond donors (Lipinski definition) is 4. The van der Waals surface area contributed by atoms with Gasteiger partial charge in [0.05, 0.1) is 29.8 Å². The van der Waals surface area contributed by atoms with Gasteiger partial charge in [0.1, 0.15) is 11.5 Å². The lowest BCUT2D eigenvalue weighted by molar-refractivity contribution is -0.118. The van der Waals surface area contributed by atoms with Crippen LogP contribution in [0, 0.1) is 0 Å². The molecule has 0 atom stereocenters. The molecule has 37 heavy (non-hydrogen) atoms. The number of aromatic nitrogens is 2. The number of carbonyl (C=O) groups excluding carboxylic acids is 2. The molecule has 1 heterocycles. The molecular formula is C26H25Cl2N5O4. The van der Waals surface area contributed by atoms with E-state index in [1.54, 1.807) is 30.3 Å². The predicted molar refractivity (Wildman–Crippen MR) is 146 cm³/mol. The fraction of sp³-hybridized carbons (Fsp3) is 0.192. The molecule has 0 fully saturated rings. The highest BCUT2D eigenvalue weighted by Crippen LogP contribution is 2.46. The molecule has 9 nitrogen and oxygen atoms in total. The summed E-state index contributed by atoms with van der Waals surface area (Å²) in [7, 11) is 3.04. The number of amides is 2. The number of halogens is 2. The van der Waals surface area contributed by atoms with Crippen LogP contribution in [0.3, 0.4) is 0 Å². The molecule has 4 aromatic rings. The number of carbonyl (C=O) groups is 2. The lowest BCUT2D eigenvalue weighted by Gasteiger charge is -2.14. The van der Waals surface area contributed by atoms with Gasteiger partial charge in [0.2, 0.25) is 5.91 Å². The number of hydrogen-bond acceptors (Lipinski definition) is 6. The Morgan fingerprint density at radius 2 is 1.62 bits per heavy atom. The maximum absolute atomic E-state index is 12.8. The average Bonchev–Trinajstić information content (AvgIpc) is 3.29. The molecule has 0 saturated carbocycles. The van der Waals surface area contributed by atoms with Crippen molar-refractivity contribution in [2.24, 2.45) is 0 Å². The summed E-state index contributed by atoms with van der Waals surface area (Å²) in [4.78, 5) is 23.8. The Kier molecular flexibility index (Phi) is 8.05. The molecule has 0 saturated heterocycles. The molecule has 0 aliphatic carbocycles. The van der Waals surface area contributed by atoms with E-state index in [0.717, 1.165) is 16.6 Å². The number of ether oxygens (including phenoxy) is 2. The van der Waals surface area contributed by atoms with E-state index in [9.17, 15) is 9.59 Å². The van der Waals surface area contributed by atoms with Crippen LogP contribution in [0.5, 0.6) is 11.5 Å². The third kappa shape index (κ3) is 5.73. The van der Waals surface area contributed by atoms with Crippen LogP contribution in [0.4, 0.5) is 11.5 Å². The number of methoxy groups -OCH3 is 2. The summed E-state index contributed by atoms with van der Waals surface area (Å²) >= 11 is 13.1. The molecule has 2 amide bonds. The summed E-state index contributed by atoms with van der Waals surface area (Å²) in [6.07, 6.45) is 0. The second kappa shape index (κ2) is 11.4. The van der Waals surface area contributed by atoms with Crippen LogP contribution in [0.25, 0.3) is 22.0 Å². The zero-order valence-electron chi connectivity index (χ0n) is 20.4. The van der Waals surface area contributed by atoms with Gasteiger partial charge in [0, 0.05) is 48.3 Å². The van der Waals surface area contributed by atoms with E-state index in [1.807, 2.05) is 18.2 Å². The van der Waals surface area contributed by atoms with E-state index in [2.05, 4.69) is 26.1 Å². The number of anilines is 2. The van der Waals surface area contributed by atoms with Crippen LogP contribution in [-0.2, 0) is 4.79 Å². The van der Waals surface area contributed by atoms with Crippen molar-refractivity contribution in [3.8, 4) is 22.6 Å². The first-order valence-electron chi connectivity index (χ1n) is 11.3. The molecule has 0 unspecified atom stereocenters. The first-order valence-corrected chi connectivity index (χ1v) is 12.1. The van der Waals surface area contributed by atoms with Crippen molar-refractivity contribution in [3.05, 3.63) is 64.1 Å². The van der Waals surface area contributed by atoms with E-state index in [1.165, 1.54) is 21.1 Å². The van der Waals surface area contributed by atoms with Crippen molar-refractivity contribution in [1.29, 1.82) is 0 Å². The molecule has 0 radical (unpaired) electrons. The zero-order valence-corrected chi connectivity index (χ0v) is 21.9. The van der Waals surface area contributed by atoms with E-state index in [0.29, 0.717) is 57.1 Å². The van der Waals surface area contributed by atoms with E-state index in [4.69, 9.17) is 32.7 Å². The predicted octanol–water partition coefficient (Wildman–Crippen LogP) is 5.35. The summed E-state index contributed by atoms with van der Waals surface area (Å²) in [5.41, 5.74) is 3.28. The minimum atomic E-state index is -0.300. The van der Waals surface area contributed by atoms with Crippen molar-refractivity contribution in [3.63, 3.8) is 0 Å². The normalized spacial score (nSPS) is 10.7. The van der Waals surface area contributed by atoms with E-state index in [-0.39, 0.29) is 11.8 Å². The van der Waals surface area contributed by atoms with Crippen LogP contribution >= 0.6 is 23.2 Å². The molecule has 11 heteroatoms. The average molecular weight is 542 g/mol. The number of benzene rings is 3. The SMILES string of the molecule is COc1cc(OC)c(Cl)c(-c2ccc3c(NC(=O)c4ccc(NCCNC(C)=O)cc4)n[nH]c3c2)c1Cl. The molecular weight excluding hydrogens is 517 g/mol. The third-order valence-electron chi connectivity index (χ3n) is 5.63. The standard InChI is InChI=1S/C26H25Cl2N5O4/c1-14(34)29-10-11-30-17-7-4-15(5-8-17)26(35)31-25-18-9-6-16(12-19(18)32-33-25)22-23(27)20(36-2)13-21(37-3)24(22)28/h4-9,12-13,30H,10-11H2,1-3H3,(H,29,34)(H2,31,32,33,35). The first kappa shape index (κ1) is 26.1. The molecule has 1 aromatic heterocycles. The minimum absolute atomic E-state index is 0.0796. The molecule has 4 rings (SSSR count). The lowest BCUT2D eigenvalue weighted by Crippen LogP contribution is -2.26. The Balaban J connectivity index is 1.52. The van der Waals surface area contributed by atoms with Crippen molar-refractivity contribution < 1.29 is 19.1 Å². The number of rotatable bonds is 9. The van der Waals surface area contributed by atoms with Gasteiger partial charge in [-0.05, 0) is 42.0 Å². The second-order valence-electron chi connectivity index (χ2n) is 8.06. The summed E-state index contributed by atoms with van der Waals surface area (Å²) in [6.45, 7) is 2.55. The third-order valence-corrected chi connectivity index (χ3v) is 6.38. The Morgan fingerprint density at radius 3 is 2.24 bits per heavy atom. The maximum atomic E-state index is 12.8. The molecule has 0 spiro atoms. The largest absolute Gasteiger partial charge is 0.495 e. The Bertz CT molecular complexity index is 1430. The maximum Gasteiger partial charge on any atom is 0.256 e. The Morgan fingerprint density at radius 1 is 0.946 bits per heavy atom. The van der Waals surface area contributed by atoms with Crippen molar-refractivity contribution in [2.45, 2.75) is 6.92 Å². The lowest BCUT2D eigenvalue weighted by atomic mass is 10.0. The summed E-state index contributed by atoms with van der Waals surface area (Å²) in [6, 6.07) is 14.1. The molecule has 4 N–H and O–H groups in total. The Hall–Kier alpha value is -3.95. The second-order valence-corrected chi connectivity index (χ2v) is 8.81. The minimum Gasteiger partial charge on any atom is -0.495 e. The topological polar surface area (TPSA) is 117 Å². The van der Waals surface area contributed by atoms with Crippen LogP contribution in [0.15, 0.2) is 48.5 Å². The van der Waals surface area contributed by atoms with Gasteiger partial charge in [-0.3, -0.25) is 14.7 Å². The van der Waals surface area contributed by atoms with Gasteiger partial charge in [0.25, 0.3) is 5.91 Å². The zero-order chi connectivity index (χ0) is 26.5. The summed E-state index contributed by atoms with van der Waals surface area (Å²) in [5.74, 6) is 0.883. The number of nitrogens with zero attached hydrogens (tertiary/aromatic N) is 1. The number of fused-ring (bicyclic) bond motifs is 1. The fourth-order valence-electron chi connectivity index (χ4n) is 3.77. The highest BCUT2D eigenvalue weighted by molar-refractivity contribution is 6.41. The van der Waals surface area contributed by atoms with Gasteiger partial charge >= 0.3 is 0 Å². The molecule has 0 aliphatic rings. The van der Waals surface area contributed by atoms with Crippen molar-refractivity contribution in [1.82, 2.24) is 15.5 Å². The van der Waals surface area contributed by atoms with Crippen LogP contribution in [-0.4, -0.2) is 49.3 Å². The number of H-pyrrole nitrogens is 1. The quantitative estimate of drug-likeness (QED) is 0.212. The van der Waals surface area contributed by atoms with Gasteiger partial charge in [-0.25, -0.2) is 0 Å². The number of aromatic amines is 1. The van der Waals surface area contributed by atoms with Crippen LogP contribution in [0.1, 0.15) is 17.3 Å². The van der Waals surface area contributed by atoms with E-state index < -0.39 is 0 Å². The highest BCUT2D eigenvalue weighted by Gasteiger charge is 2.20. The highest BCUT2D eigenvalue weighted by atomic mass is 35.5. The molecule has 0 aliphatic heterocycles. The summed E-state index contributed by atoms with van der Waals surface area (Å²) < 4.78 is 10.7. The fourth-order valence-corrected chi connectivity index (χ4v) is 4.49. The molecule has 0 bridgehead atoms.